The minimum absolute atomic E-state index is 0.115. The quantitative estimate of drug-likeness (QED) is 0.658. The van der Waals surface area contributed by atoms with E-state index in [1.54, 1.807) is 0 Å². The van der Waals surface area contributed by atoms with Crippen LogP contribution in [0.25, 0.3) is 0 Å². The van der Waals surface area contributed by atoms with Crippen LogP contribution in [0.1, 0.15) is 16.7 Å². The topological polar surface area (TPSA) is 83.1 Å². The van der Waals surface area contributed by atoms with Gasteiger partial charge in [0.25, 0.3) is 0 Å². The summed E-state index contributed by atoms with van der Waals surface area (Å²) < 4.78 is 0. The summed E-state index contributed by atoms with van der Waals surface area (Å²) in [6.45, 7) is 4.00. The van der Waals surface area contributed by atoms with Gasteiger partial charge in [-0.15, -0.1) is 0 Å². The molecule has 3 N–H and O–H groups in total. The Kier molecular flexibility index (Phi) is 4.58. The van der Waals surface area contributed by atoms with Crippen LogP contribution in [-0.2, 0) is 4.79 Å². The van der Waals surface area contributed by atoms with Gasteiger partial charge in [-0.05, 0) is 43.3 Å². The lowest BCUT2D eigenvalue weighted by atomic mass is 10.1. The van der Waals surface area contributed by atoms with Crippen LogP contribution in [-0.4, -0.2) is 27.5 Å². The third-order valence-corrected chi connectivity index (χ3v) is 4.14. The van der Waals surface area contributed by atoms with Crippen molar-refractivity contribution in [1.82, 2.24) is 5.01 Å². The molecule has 0 radical (unpaired) electrons. The van der Waals surface area contributed by atoms with E-state index < -0.39 is 5.91 Å². The van der Waals surface area contributed by atoms with Gasteiger partial charge in [0.2, 0.25) is 0 Å². The van der Waals surface area contributed by atoms with E-state index in [1.165, 1.54) is 0 Å². The molecule has 3 rings (SSSR count). The number of benzene rings is 2. The Bertz CT molecular complexity index is 905. The number of aryl methyl sites for hydroxylation is 1. The van der Waals surface area contributed by atoms with Gasteiger partial charge in [-0.2, -0.15) is 15.2 Å². The summed E-state index contributed by atoms with van der Waals surface area (Å²) in [4.78, 5) is 12.6. The fraction of sp³-hybridized carbons (Fsp3) is 0.111. The minimum Gasteiger partial charge on any atom is -0.374 e. The molecule has 0 aromatic heterocycles. The number of carbonyl (C=O) groups excluding carboxylic acids is 1. The smallest absolute Gasteiger partial charge is 0.303 e. The second-order valence-electron chi connectivity index (χ2n) is 5.59. The van der Waals surface area contributed by atoms with Crippen molar-refractivity contribution in [1.29, 1.82) is 0 Å². The van der Waals surface area contributed by atoms with Crippen molar-refractivity contribution in [3.8, 4) is 0 Å². The molecule has 0 saturated heterocycles. The van der Waals surface area contributed by atoms with Gasteiger partial charge in [0.1, 0.15) is 5.71 Å². The Morgan fingerprint density at radius 2 is 1.88 bits per heavy atom. The predicted octanol–water partition coefficient (Wildman–Crippen LogP) is 2.56. The molecule has 7 heteroatoms. The molecular formula is C18H17N5OS. The lowest BCUT2D eigenvalue weighted by Gasteiger charge is -2.09. The van der Waals surface area contributed by atoms with Crippen LogP contribution in [0.15, 0.2) is 58.7 Å². The van der Waals surface area contributed by atoms with Crippen LogP contribution >= 0.6 is 12.2 Å². The number of thiocarbonyl (C=S) groups is 1. The number of amides is 1. The molecule has 2 aromatic rings. The second-order valence-corrected chi connectivity index (χ2v) is 6.01. The molecule has 1 aliphatic rings. The first-order valence-electron chi connectivity index (χ1n) is 7.67. The molecule has 6 nitrogen and oxygen atoms in total. The van der Waals surface area contributed by atoms with E-state index in [-0.39, 0.29) is 10.8 Å². The average Bonchev–Trinajstić information content (AvgIpc) is 2.94. The van der Waals surface area contributed by atoms with E-state index in [2.05, 4.69) is 15.6 Å². The Morgan fingerprint density at radius 1 is 1.16 bits per heavy atom. The number of rotatable bonds is 3. The summed E-state index contributed by atoms with van der Waals surface area (Å²) in [6.07, 6.45) is 0. The molecule has 0 saturated carbocycles. The largest absolute Gasteiger partial charge is 0.374 e. The van der Waals surface area contributed by atoms with E-state index in [0.29, 0.717) is 5.71 Å². The molecule has 0 bridgehead atoms. The van der Waals surface area contributed by atoms with Gasteiger partial charge in [0.15, 0.2) is 10.8 Å². The van der Waals surface area contributed by atoms with Crippen molar-refractivity contribution in [2.24, 2.45) is 15.9 Å². The first-order valence-corrected chi connectivity index (χ1v) is 8.08. The molecule has 0 atom stereocenters. The van der Waals surface area contributed by atoms with E-state index >= 15 is 0 Å². The summed E-state index contributed by atoms with van der Waals surface area (Å²) in [5.74, 6) is -0.454. The maximum absolute atomic E-state index is 12.6. The molecular weight excluding hydrogens is 334 g/mol. The minimum atomic E-state index is -0.454. The zero-order valence-electron chi connectivity index (χ0n) is 13.9. The van der Waals surface area contributed by atoms with Gasteiger partial charge in [-0.25, -0.2) is 0 Å². The predicted molar refractivity (Wildman–Crippen MR) is 104 cm³/mol. The highest BCUT2D eigenvalue weighted by Crippen LogP contribution is 2.19. The number of hydrazone groups is 2. The second kappa shape index (κ2) is 6.82. The molecule has 0 spiro atoms. The van der Waals surface area contributed by atoms with Crippen LogP contribution in [0.5, 0.6) is 0 Å². The highest BCUT2D eigenvalue weighted by molar-refractivity contribution is 7.80. The zero-order valence-corrected chi connectivity index (χ0v) is 14.7. The Hall–Kier alpha value is -3.06. The van der Waals surface area contributed by atoms with Gasteiger partial charge in [0, 0.05) is 5.56 Å². The van der Waals surface area contributed by atoms with Crippen molar-refractivity contribution in [3.63, 3.8) is 0 Å². The highest BCUT2D eigenvalue weighted by Gasteiger charge is 2.34. The lowest BCUT2D eigenvalue weighted by Crippen LogP contribution is -2.36. The number of hydrogen-bond donors (Lipinski definition) is 2. The Labute approximate surface area is 151 Å². The fourth-order valence-electron chi connectivity index (χ4n) is 2.42. The number of nitrogens with zero attached hydrogens (tertiary/aromatic N) is 3. The monoisotopic (exact) mass is 351 g/mol. The number of hydrogen-bond acceptors (Lipinski definition) is 5. The molecule has 0 aliphatic carbocycles. The average molecular weight is 351 g/mol. The Balaban J connectivity index is 2.00. The summed E-state index contributed by atoms with van der Waals surface area (Å²) >= 11 is 4.90. The van der Waals surface area contributed by atoms with E-state index in [4.69, 9.17) is 18.0 Å². The van der Waals surface area contributed by atoms with Gasteiger partial charge in [-0.3, -0.25) is 10.2 Å². The summed E-state index contributed by atoms with van der Waals surface area (Å²) in [5, 5.41) is 9.40. The number of carbonyl (C=O) groups is 1. The number of nitrogens with one attached hydrogen (secondary N) is 1. The van der Waals surface area contributed by atoms with Crippen LogP contribution in [0.4, 0.5) is 5.69 Å². The summed E-state index contributed by atoms with van der Waals surface area (Å²) in [7, 11) is 0. The fourth-order valence-corrected chi connectivity index (χ4v) is 2.55. The summed E-state index contributed by atoms with van der Waals surface area (Å²) in [6, 6.07) is 15.1. The maximum Gasteiger partial charge on any atom is 0.303 e. The molecule has 25 heavy (non-hydrogen) atoms. The van der Waals surface area contributed by atoms with Crippen molar-refractivity contribution in [2.45, 2.75) is 13.8 Å². The van der Waals surface area contributed by atoms with Crippen LogP contribution < -0.4 is 11.2 Å². The van der Waals surface area contributed by atoms with Crippen LogP contribution in [0.3, 0.4) is 0 Å². The van der Waals surface area contributed by atoms with Crippen molar-refractivity contribution < 1.29 is 4.79 Å². The van der Waals surface area contributed by atoms with Gasteiger partial charge in [0.05, 0.1) is 5.69 Å². The zero-order chi connectivity index (χ0) is 18.0. The molecule has 1 amide bonds. The molecule has 0 fully saturated rings. The number of nitrogens with two attached hydrogens (primary N) is 1. The third-order valence-electron chi connectivity index (χ3n) is 3.97. The van der Waals surface area contributed by atoms with Crippen molar-refractivity contribution in [3.05, 3.63) is 65.2 Å². The lowest BCUT2D eigenvalue weighted by molar-refractivity contribution is -0.119. The van der Waals surface area contributed by atoms with Gasteiger partial charge in [-0.1, -0.05) is 42.5 Å². The van der Waals surface area contributed by atoms with Gasteiger partial charge >= 0.3 is 5.91 Å². The van der Waals surface area contributed by atoms with Crippen molar-refractivity contribution >= 4 is 40.3 Å². The SMILES string of the molecule is Cc1cccc(N/N=C2/C(=O)N(C(N)=S)N=C2c2ccccc2)c1C. The first-order chi connectivity index (χ1) is 12.0. The van der Waals surface area contributed by atoms with Crippen LogP contribution in [0.2, 0.25) is 0 Å². The molecule has 1 heterocycles. The van der Waals surface area contributed by atoms with Gasteiger partial charge < -0.3 is 5.73 Å². The molecule has 2 aromatic carbocycles. The molecule has 126 valence electrons. The maximum atomic E-state index is 12.6. The highest BCUT2D eigenvalue weighted by atomic mass is 32.1. The molecule has 0 unspecified atom stereocenters. The van der Waals surface area contributed by atoms with Crippen LogP contribution in [0, 0.1) is 13.8 Å². The van der Waals surface area contributed by atoms with E-state index in [1.807, 2.05) is 62.4 Å². The van der Waals surface area contributed by atoms with E-state index in [0.717, 1.165) is 27.4 Å². The normalized spacial score (nSPS) is 15.4. The van der Waals surface area contributed by atoms with Crippen molar-refractivity contribution in [2.75, 3.05) is 5.43 Å². The first kappa shape index (κ1) is 16.8. The Morgan fingerprint density at radius 3 is 2.56 bits per heavy atom. The molecule has 1 aliphatic heterocycles. The summed E-state index contributed by atoms with van der Waals surface area (Å²) in [5.41, 5.74) is 12.9. The standard InChI is InChI=1S/C18H17N5OS/c1-11-7-6-10-14(12(11)2)20-21-16-15(13-8-4-3-5-9-13)22-23(17(16)24)18(19)25/h3-10,20H,1-2H3,(H2,19,25)/b21-16+. The number of anilines is 1. The van der Waals surface area contributed by atoms with E-state index in [9.17, 15) is 4.79 Å². The third kappa shape index (κ3) is 3.27.